The van der Waals surface area contributed by atoms with Gasteiger partial charge in [0.15, 0.2) is 0 Å². The lowest BCUT2D eigenvalue weighted by molar-refractivity contribution is 0.0689. The number of thiophene rings is 1. The zero-order chi connectivity index (χ0) is 28.4. The first kappa shape index (κ1) is 29.3. The van der Waals surface area contributed by atoms with E-state index in [1.165, 1.54) is 24.5 Å². The third-order valence-electron chi connectivity index (χ3n) is 5.52. The van der Waals surface area contributed by atoms with E-state index in [0.29, 0.717) is 16.8 Å². The first-order valence-corrected chi connectivity index (χ1v) is 12.3. The molecule has 39 heavy (non-hydrogen) atoms. The number of benzene rings is 1. The largest absolute Gasteiger partial charge is 0.496 e. The molecule has 0 bridgehead atoms. The van der Waals surface area contributed by atoms with Crippen molar-refractivity contribution in [2.45, 2.75) is 12.1 Å². The van der Waals surface area contributed by atoms with Crippen LogP contribution in [-0.2, 0) is 6.61 Å². The molecule has 204 valence electrons. The Hall–Kier alpha value is -4.25. The molecule has 0 spiro atoms. The molecular weight excluding hydrogens is 526 g/mol. The van der Waals surface area contributed by atoms with Crippen LogP contribution in [0.15, 0.2) is 64.8 Å². The highest BCUT2D eigenvalue weighted by atomic mass is 32.1. The molecular formula is C27H27N3O8S. The van der Waals surface area contributed by atoms with E-state index in [9.17, 15) is 15.2 Å². The van der Waals surface area contributed by atoms with Gasteiger partial charge in [-0.2, -0.15) is 5.26 Å². The Morgan fingerprint density at radius 3 is 2.44 bits per heavy atom. The summed E-state index contributed by atoms with van der Waals surface area (Å²) in [5, 5.41) is 46.0. The maximum absolute atomic E-state index is 11.3. The molecule has 6 N–H and O–H groups in total. The van der Waals surface area contributed by atoms with Crippen LogP contribution in [0.5, 0.6) is 11.6 Å². The summed E-state index contributed by atoms with van der Waals surface area (Å²) in [4.78, 5) is 16.8. The number of carboxylic acid groups (broad SMARTS) is 1. The van der Waals surface area contributed by atoms with Crippen molar-refractivity contribution < 1.29 is 39.1 Å². The van der Waals surface area contributed by atoms with Crippen molar-refractivity contribution in [3.05, 3.63) is 77.1 Å². The summed E-state index contributed by atoms with van der Waals surface area (Å²) >= 11 is 1.53. The van der Waals surface area contributed by atoms with Crippen molar-refractivity contribution in [1.29, 1.82) is 5.26 Å². The first-order valence-electron chi connectivity index (χ1n) is 11.4. The molecule has 3 aromatic heterocycles. The van der Waals surface area contributed by atoms with Crippen LogP contribution in [0.25, 0.3) is 21.7 Å². The fourth-order valence-electron chi connectivity index (χ4n) is 3.23. The second kappa shape index (κ2) is 13.5. The fourth-order valence-corrected chi connectivity index (χ4v) is 3.92. The molecule has 11 nitrogen and oxygen atoms in total. The van der Waals surface area contributed by atoms with Crippen molar-refractivity contribution >= 4 is 17.3 Å². The van der Waals surface area contributed by atoms with E-state index in [-0.39, 0.29) is 29.4 Å². The van der Waals surface area contributed by atoms with Crippen molar-refractivity contribution in [1.82, 2.24) is 4.98 Å². The second-order valence-corrected chi connectivity index (χ2v) is 9.25. The lowest BCUT2D eigenvalue weighted by atomic mass is 10.0. The summed E-state index contributed by atoms with van der Waals surface area (Å²) in [6, 6.07) is 14.3. The van der Waals surface area contributed by atoms with Gasteiger partial charge < -0.3 is 40.1 Å². The summed E-state index contributed by atoms with van der Waals surface area (Å²) in [7, 11) is 1.41. The molecule has 1 aromatic carbocycles. The number of pyridine rings is 1. The van der Waals surface area contributed by atoms with Gasteiger partial charge in [0, 0.05) is 11.1 Å². The monoisotopic (exact) mass is 553 g/mol. The summed E-state index contributed by atoms with van der Waals surface area (Å²) in [5.74, 6) is -0.662. The fraction of sp³-hybridized carbons (Fsp3) is 0.222. The molecule has 0 atom stereocenters. The lowest BCUT2D eigenvalue weighted by Crippen LogP contribution is -2.50. The molecule has 0 aliphatic heterocycles. The average molecular weight is 554 g/mol. The van der Waals surface area contributed by atoms with Crippen molar-refractivity contribution in [2.24, 2.45) is 5.73 Å². The molecule has 0 aliphatic carbocycles. The lowest BCUT2D eigenvalue weighted by Gasteiger charge is -2.20. The molecule has 0 fully saturated rings. The van der Waals surface area contributed by atoms with E-state index in [1.54, 1.807) is 30.7 Å². The topological polar surface area (TPSA) is 192 Å². The number of nitrogens with zero attached hydrogens (tertiary/aromatic N) is 2. The number of aromatic carboxylic acids is 1. The highest BCUT2D eigenvalue weighted by Gasteiger charge is 2.21. The molecule has 3 heterocycles. The van der Waals surface area contributed by atoms with E-state index in [4.69, 9.17) is 34.9 Å². The van der Waals surface area contributed by atoms with Crippen LogP contribution in [0.2, 0.25) is 0 Å². The number of furan rings is 1. The van der Waals surface area contributed by atoms with Crippen molar-refractivity contribution in [2.75, 3.05) is 26.9 Å². The van der Waals surface area contributed by atoms with E-state index in [0.717, 1.165) is 10.4 Å². The zero-order valence-electron chi connectivity index (χ0n) is 20.9. The van der Waals surface area contributed by atoms with Gasteiger partial charge >= 0.3 is 5.97 Å². The van der Waals surface area contributed by atoms with Crippen LogP contribution in [0.3, 0.4) is 0 Å². The Morgan fingerprint density at radius 1 is 1.18 bits per heavy atom. The number of aliphatic hydroxyl groups excluding tert-OH is 3. The normalized spacial score (nSPS) is 10.8. The summed E-state index contributed by atoms with van der Waals surface area (Å²) < 4.78 is 16.3. The zero-order valence-corrected chi connectivity index (χ0v) is 21.7. The predicted molar refractivity (Wildman–Crippen MR) is 142 cm³/mol. The average Bonchev–Trinajstić information content (AvgIpc) is 3.70. The molecule has 0 aliphatic rings. The van der Waals surface area contributed by atoms with Crippen molar-refractivity contribution in [3.63, 3.8) is 0 Å². The van der Waals surface area contributed by atoms with Crippen LogP contribution in [0.4, 0.5) is 0 Å². The van der Waals surface area contributed by atoms with Gasteiger partial charge in [0.2, 0.25) is 5.88 Å². The van der Waals surface area contributed by atoms with Crippen molar-refractivity contribution in [3.8, 4) is 39.4 Å². The molecule has 0 unspecified atom stereocenters. The Labute approximate surface area is 227 Å². The first-order chi connectivity index (χ1) is 18.8. The molecule has 0 saturated heterocycles. The number of rotatable bonds is 10. The standard InChI is InChI=1S/C23H16N2O5S.C4H11NO3/c1-28-20-9-14(4-5-16(20)23(26)27)12-30-22-18(11-24)17(15-6-7-29-13-15)10-19(25-22)21-3-2-8-31-21;5-4(1-6,2-7)3-8/h2-10,13H,12H2,1H3,(H,26,27);6-8H,1-3,5H2. The van der Waals surface area contributed by atoms with Gasteiger partial charge in [0.25, 0.3) is 0 Å². The van der Waals surface area contributed by atoms with Gasteiger partial charge in [0.1, 0.15) is 29.6 Å². The SMILES string of the molecule is COc1cc(COc2nc(-c3cccs3)cc(-c3ccoc3)c2C#N)ccc1C(=O)O.NC(CO)(CO)CO. The van der Waals surface area contributed by atoms with E-state index in [1.807, 2.05) is 23.6 Å². The van der Waals surface area contributed by atoms with E-state index < -0.39 is 31.3 Å². The van der Waals surface area contributed by atoms with Crippen LogP contribution < -0.4 is 15.2 Å². The number of methoxy groups -OCH3 is 1. The second-order valence-electron chi connectivity index (χ2n) is 8.30. The van der Waals surface area contributed by atoms with Crippen LogP contribution in [0.1, 0.15) is 21.5 Å². The molecule has 0 amide bonds. The quantitative estimate of drug-likeness (QED) is 0.194. The third kappa shape index (κ3) is 7.20. The molecule has 0 saturated carbocycles. The number of hydrogen-bond donors (Lipinski definition) is 5. The summed E-state index contributed by atoms with van der Waals surface area (Å²) in [6.07, 6.45) is 3.10. The van der Waals surface area contributed by atoms with E-state index >= 15 is 0 Å². The third-order valence-corrected chi connectivity index (χ3v) is 6.41. The van der Waals surface area contributed by atoms with Crippen LogP contribution in [0, 0.1) is 11.3 Å². The van der Waals surface area contributed by atoms with Gasteiger partial charge in [-0.05, 0) is 41.3 Å². The minimum absolute atomic E-state index is 0.0593. The maximum Gasteiger partial charge on any atom is 0.339 e. The van der Waals surface area contributed by atoms with Gasteiger partial charge in [-0.1, -0.05) is 12.1 Å². The van der Waals surface area contributed by atoms with Crippen LogP contribution in [-0.4, -0.2) is 63.8 Å². The minimum atomic E-state index is -1.21. The number of aliphatic hydroxyl groups is 3. The summed E-state index contributed by atoms with van der Waals surface area (Å²) in [6.45, 7) is -1.13. The number of carboxylic acids is 1. The molecule has 4 aromatic rings. The van der Waals surface area contributed by atoms with Gasteiger partial charge in [-0.25, -0.2) is 9.78 Å². The smallest absolute Gasteiger partial charge is 0.339 e. The number of nitrogens with two attached hydrogens (primary N) is 1. The number of nitriles is 1. The highest BCUT2D eigenvalue weighted by molar-refractivity contribution is 7.13. The number of carbonyl (C=O) groups is 1. The molecule has 12 heteroatoms. The Morgan fingerprint density at radius 2 is 1.92 bits per heavy atom. The minimum Gasteiger partial charge on any atom is -0.496 e. The molecule has 4 rings (SSSR count). The predicted octanol–water partition coefficient (Wildman–Crippen LogP) is 2.89. The molecule has 0 radical (unpaired) electrons. The Kier molecular flexibility index (Phi) is 10.2. The number of aromatic nitrogens is 1. The van der Waals surface area contributed by atoms with Gasteiger partial charge in [-0.15, -0.1) is 11.3 Å². The summed E-state index contributed by atoms with van der Waals surface area (Å²) in [5.41, 5.74) is 7.04. The Balaban J connectivity index is 0.000000459. The number of hydrogen-bond acceptors (Lipinski definition) is 11. The number of ether oxygens (including phenoxy) is 2. The van der Waals surface area contributed by atoms with Crippen LogP contribution >= 0.6 is 11.3 Å². The Bertz CT molecular complexity index is 1400. The van der Waals surface area contributed by atoms with Gasteiger partial charge in [-0.3, -0.25) is 0 Å². The van der Waals surface area contributed by atoms with E-state index in [2.05, 4.69) is 11.1 Å². The highest BCUT2D eigenvalue weighted by Crippen LogP contribution is 2.35. The van der Waals surface area contributed by atoms with Gasteiger partial charge in [0.05, 0.1) is 55.6 Å². The maximum atomic E-state index is 11.3.